The molecule has 0 unspecified atom stereocenters. The minimum absolute atomic E-state index is 0.0927. The van der Waals surface area contributed by atoms with Crippen molar-refractivity contribution < 1.29 is 4.79 Å². The Kier molecular flexibility index (Phi) is 4.32. The van der Waals surface area contributed by atoms with Gasteiger partial charge in [0.05, 0.1) is 11.4 Å². The van der Waals surface area contributed by atoms with Gasteiger partial charge in [0.25, 0.3) is 0 Å². The quantitative estimate of drug-likeness (QED) is 0.863. The highest BCUT2D eigenvalue weighted by Gasteiger charge is 2.34. The number of carbonyl (C=O) groups excluding carboxylic acids is 1. The normalized spacial score (nSPS) is 17.2. The van der Waals surface area contributed by atoms with Crippen LogP contribution in [0.15, 0.2) is 30.5 Å². The van der Waals surface area contributed by atoms with Crippen LogP contribution in [0.1, 0.15) is 20.8 Å². The molecule has 126 valence electrons. The highest BCUT2D eigenvalue weighted by Crippen LogP contribution is 2.38. The van der Waals surface area contributed by atoms with Crippen molar-refractivity contribution in [3.63, 3.8) is 0 Å². The number of rotatable bonds is 3. The van der Waals surface area contributed by atoms with E-state index in [1.807, 2.05) is 32.2 Å². The minimum Gasteiger partial charge on any atom is -0.356 e. The van der Waals surface area contributed by atoms with Gasteiger partial charge in [0.2, 0.25) is 11.9 Å². The molecule has 0 fully saturated rings. The van der Waals surface area contributed by atoms with Gasteiger partial charge < -0.3 is 15.1 Å². The molecule has 1 aromatic heterocycles. The average molecular weight is 346 g/mol. The van der Waals surface area contributed by atoms with E-state index in [-0.39, 0.29) is 18.0 Å². The topological polar surface area (TPSA) is 61.4 Å². The van der Waals surface area contributed by atoms with Gasteiger partial charge in [-0.25, -0.2) is 9.97 Å². The molecule has 0 bridgehead atoms. The lowest BCUT2D eigenvalue weighted by molar-refractivity contribution is -0.119. The Hall–Kier alpha value is -2.34. The highest BCUT2D eigenvalue weighted by atomic mass is 35.5. The summed E-state index contributed by atoms with van der Waals surface area (Å²) in [5.41, 5.74) is 2.74. The van der Waals surface area contributed by atoms with Crippen LogP contribution < -0.4 is 15.1 Å². The molecular weight excluding hydrogens is 326 g/mol. The van der Waals surface area contributed by atoms with Gasteiger partial charge in [-0.15, -0.1) is 0 Å². The summed E-state index contributed by atoms with van der Waals surface area (Å²) in [6.45, 7) is 6.10. The first-order chi connectivity index (χ1) is 11.4. The zero-order chi connectivity index (χ0) is 17.4. The van der Waals surface area contributed by atoms with Gasteiger partial charge in [-0.05, 0) is 45.0 Å². The molecule has 6 nitrogen and oxygen atoms in total. The summed E-state index contributed by atoms with van der Waals surface area (Å²) in [7, 11) is 1.81. The predicted molar refractivity (Wildman–Crippen MR) is 97.3 cm³/mol. The third-order valence-corrected chi connectivity index (χ3v) is 4.36. The molecule has 7 heteroatoms. The van der Waals surface area contributed by atoms with Crippen LogP contribution in [-0.2, 0) is 4.79 Å². The molecule has 0 spiro atoms. The lowest BCUT2D eigenvalue weighted by Crippen LogP contribution is -2.53. The maximum absolute atomic E-state index is 12.5. The van der Waals surface area contributed by atoms with E-state index in [1.165, 1.54) is 0 Å². The molecule has 0 radical (unpaired) electrons. The SMILES string of the molecule is CC(C)N1c2cc(Nc3nccc(Cl)n3)ccc2N(C)C(=O)[C@H]1C. The van der Waals surface area contributed by atoms with E-state index >= 15 is 0 Å². The molecule has 1 aromatic carbocycles. The molecule has 1 amide bonds. The Morgan fingerprint density at radius 2 is 2.00 bits per heavy atom. The van der Waals surface area contributed by atoms with Gasteiger partial charge in [-0.1, -0.05) is 11.6 Å². The minimum atomic E-state index is -0.208. The van der Waals surface area contributed by atoms with E-state index in [1.54, 1.807) is 17.2 Å². The van der Waals surface area contributed by atoms with Gasteiger partial charge in [-0.3, -0.25) is 4.79 Å². The zero-order valence-corrected chi connectivity index (χ0v) is 14.9. The van der Waals surface area contributed by atoms with Crippen molar-refractivity contribution in [2.75, 3.05) is 22.2 Å². The standard InChI is InChI=1S/C17H20ClN5O/c1-10(2)23-11(3)16(24)22(4)13-6-5-12(9-14(13)23)20-17-19-8-7-15(18)21-17/h5-11H,1-4H3,(H,19,20,21)/t11-/m1/s1. The molecule has 1 atom stereocenters. The smallest absolute Gasteiger partial charge is 0.249 e. The Balaban J connectivity index is 2.01. The van der Waals surface area contributed by atoms with Crippen LogP contribution in [0.5, 0.6) is 0 Å². The summed E-state index contributed by atoms with van der Waals surface area (Å²) in [6, 6.07) is 7.47. The number of nitrogens with zero attached hydrogens (tertiary/aromatic N) is 4. The molecule has 2 heterocycles. The molecule has 24 heavy (non-hydrogen) atoms. The van der Waals surface area contributed by atoms with Crippen LogP contribution in [0.25, 0.3) is 0 Å². The highest BCUT2D eigenvalue weighted by molar-refractivity contribution is 6.29. The lowest BCUT2D eigenvalue weighted by Gasteiger charge is -2.42. The fourth-order valence-corrected chi connectivity index (χ4v) is 3.21. The molecule has 1 N–H and O–H groups in total. The monoisotopic (exact) mass is 345 g/mol. The molecule has 1 aliphatic heterocycles. The van der Waals surface area contributed by atoms with Crippen molar-refractivity contribution in [1.29, 1.82) is 0 Å². The third-order valence-electron chi connectivity index (χ3n) is 4.15. The van der Waals surface area contributed by atoms with E-state index in [2.05, 4.69) is 34.0 Å². The fraction of sp³-hybridized carbons (Fsp3) is 0.353. The largest absolute Gasteiger partial charge is 0.356 e. The first-order valence-electron chi connectivity index (χ1n) is 7.84. The number of amides is 1. The second kappa shape index (κ2) is 6.28. The number of carbonyl (C=O) groups is 1. The summed E-state index contributed by atoms with van der Waals surface area (Å²) in [5.74, 6) is 0.530. The van der Waals surface area contributed by atoms with Crippen molar-refractivity contribution in [3.05, 3.63) is 35.6 Å². The lowest BCUT2D eigenvalue weighted by atomic mass is 10.0. The van der Waals surface area contributed by atoms with E-state index in [9.17, 15) is 4.79 Å². The Labute approximate surface area is 146 Å². The summed E-state index contributed by atoms with van der Waals surface area (Å²) >= 11 is 5.90. The second-order valence-electron chi connectivity index (χ2n) is 6.11. The Morgan fingerprint density at radius 3 is 2.67 bits per heavy atom. The maximum Gasteiger partial charge on any atom is 0.249 e. The number of likely N-dealkylation sites (N-methyl/N-ethyl adjacent to an activating group) is 1. The molecule has 0 aliphatic carbocycles. The van der Waals surface area contributed by atoms with Gasteiger partial charge in [0.1, 0.15) is 11.2 Å². The molecule has 3 rings (SSSR count). The van der Waals surface area contributed by atoms with Crippen molar-refractivity contribution in [1.82, 2.24) is 9.97 Å². The van der Waals surface area contributed by atoms with Gasteiger partial charge >= 0.3 is 0 Å². The second-order valence-corrected chi connectivity index (χ2v) is 6.49. The summed E-state index contributed by atoms with van der Waals surface area (Å²) in [5, 5.41) is 3.54. The van der Waals surface area contributed by atoms with Crippen LogP contribution in [-0.4, -0.2) is 35.0 Å². The van der Waals surface area contributed by atoms with Crippen molar-refractivity contribution in [2.24, 2.45) is 0 Å². The molecule has 1 aliphatic rings. The van der Waals surface area contributed by atoms with Gasteiger partial charge in [0, 0.05) is 25.0 Å². The number of aromatic nitrogens is 2. The molecule has 2 aromatic rings. The van der Waals surface area contributed by atoms with Crippen molar-refractivity contribution in [3.8, 4) is 0 Å². The Bertz CT molecular complexity index is 779. The van der Waals surface area contributed by atoms with Crippen LogP contribution in [0.2, 0.25) is 5.15 Å². The van der Waals surface area contributed by atoms with Crippen LogP contribution in [0.3, 0.4) is 0 Å². The number of anilines is 4. The predicted octanol–water partition coefficient (Wildman–Crippen LogP) is 3.45. The van der Waals surface area contributed by atoms with Crippen molar-refractivity contribution >= 4 is 40.5 Å². The molecular formula is C17H20ClN5O. The fourth-order valence-electron chi connectivity index (χ4n) is 3.07. The van der Waals surface area contributed by atoms with Crippen molar-refractivity contribution in [2.45, 2.75) is 32.9 Å². The number of halogens is 1. The average Bonchev–Trinajstić information content (AvgIpc) is 2.52. The number of benzene rings is 1. The number of hydrogen-bond acceptors (Lipinski definition) is 5. The third kappa shape index (κ3) is 2.89. The van der Waals surface area contributed by atoms with Gasteiger partial charge in [0.15, 0.2) is 0 Å². The van der Waals surface area contributed by atoms with Gasteiger partial charge in [-0.2, -0.15) is 0 Å². The van der Waals surface area contributed by atoms with E-state index < -0.39 is 0 Å². The van der Waals surface area contributed by atoms with E-state index in [0.717, 1.165) is 17.1 Å². The first-order valence-corrected chi connectivity index (χ1v) is 8.22. The van der Waals surface area contributed by atoms with E-state index in [4.69, 9.17) is 11.6 Å². The van der Waals surface area contributed by atoms with E-state index in [0.29, 0.717) is 11.1 Å². The number of fused-ring (bicyclic) bond motifs is 1. The summed E-state index contributed by atoms with van der Waals surface area (Å²) in [6.07, 6.45) is 1.60. The summed E-state index contributed by atoms with van der Waals surface area (Å²) < 4.78 is 0. The number of nitrogens with one attached hydrogen (secondary N) is 1. The number of hydrogen-bond donors (Lipinski definition) is 1. The molecule has 0 saturated heterocycles. The Morgan fingerprint density at radius 1 is 1.25 bits per heavy atom. The van der Waals surface area contributed by atoms with Crippen LogP contribution in [0.4, 0.5) is 23.0 Å². The summed E-state index contributed by atoms with van der Waals surface area (Å²) in [4.78, 5) is 24.6. The van der Waals surface area contributed by atoms with Crippen LogP contribution >= 0.6 is 11.6 Å². The van der Waals surface area contributed by atoms with Crippen LogP contribution in [0, 0.1) is 0 Å². The maximum atomic E-state index is 12.5. The first kappa shape index (κ1) is 16.5. The molecule has 0 saturated carbocycles. The zero-order valence-electron chi connectivity index (χ0n) is 14.1.